The van der Waals surface area contributed by atoms with Gasteiger partial charge in [-0.05, 0) is 57.2 Å². The number of nitrogens with zero attached hydrogens (tertiary/aromatic N) is 3. The lowest BCUT2D eigenvalue weighted by molar-refractivity contribution is -0.384. The van der Waals surface area contributed by atoms with E-state index in [9.17, 15) is 19.7 Å². The Balaban J connectivity index is 1.92. The van der Waals surface area contributed by atoms with E-state index in [0.717, 1.165) is 12.1 Å². The second-order valence-electron chi connectivity index (χ2n) is 8.18. The molecule has 1 aromatic heterocycles. The molecular weight excluding hydrogens is 434 g/mol. The van der Waals surface area contributed by atoms with Crippen molar-refractivity contribution >= 4 is 34.2 Å². The van der Waals surface area contributed by atoms with Crippen molar-refractivity contribution in [1.82, 2.24) is 9.80 Å². The molecule has 0 fully saturated rings. The zero-order chi connectivity index (χ0) is 23.2. The van der Waals surface area contributed by atoms with E-state index in [1.807, 2.05) is 19.0 Å². The Labute approximate surface area is 189 Å². The van der Waals surface area contributed by atoms with Gasteiger partial charge in [0.05, 0.1) is 21.9 Å². The first-order chi connectivity index (χ1) is 15.2. The van der Waals surface area contributed by atoms with Gasteiger partial charge in [0.2, 0.25) is 5.76 Å². The number of nitro benzene ring substituents is 1. The molecule has 32 heavy (non-hydrogen) atoms. The number of carbonyl (C=O) groups is 1. The Bertz CT molecular complexity index is 1300. The number of hydrogen-bond donors (Lipinski definition) is 0. The van der Waals surface area contributed by atoms with Crippen molar-refractivity contribution in [3.05, 3.63) is 84.2 Å². The van der Waals surface area contributed by atoms with E-state index in [2.05, 4.69) is 0 Å². The third-order valence-electron chi connectivity index (χ3n) is 5.65. The molecule has 3 aromatic rings. The fraction of sp³-hybridized carbons (Fsp3) is 0.304. The summed E-state index contributed by atoms with van der Waals surface area (Å²) in [5.41, 5.74) is 1.22. The van der Waals surface area contributed by atoms with Crippen LogP contribution in [0.5, 0.6) is 0 Å². The number of aryl methyl sites for hydroxylation is 1. The van der Waals surface area contributed by atoms with Crippen LogP contribution in [0.15, 0.2) is 45.6 Å². The van der Waals surface area contributed by atoms with Crippen LogP contribution in [-0.2, 0) is 0 Å². The molecule has 0 saturated heterocycles. The van der Waals surface area contributed by atoms with Crippen LogP contribution in [0.25, 0.3) is 11.0 Å². The third-order valence-corrected chi connectivity index (χ3v) is 6.06. The number of fused-ring (bicyclic) bond motifs is 2. The minimum Gasteiger partial charge on any atom is -0.450 e. The normalized spacial score (nSPS) is 15.6. The second kappa shape index (κ2) is 8.37. The molecule has 0 saturated carbocycles. The largest absolute Gasteiger partial charge is 0.450 e. The molecule has 0 bridgehead atoms. The molecule has 2 heterocycles. The summed E-state index contributed by atoms with van der Waals surface area (Å²) in [6.45, 7) is 2.89. The molecule has 1 atom stereocenters. The number of rotatable bonds is 6. The summed E-state index contributed by atoms with van der Waals surface area (Å²) in [6.07, 6.45) is 0.663. The highest BCUT2D eigenvalue weighted by Gasteiger charge is 2.42. The smallest absolute Gasteiger partial charge is 0.290 e. The number of amides is 1. The maximum Gasteiger partial charge on any atom is 0.290 e. The Kier molecular flexibility index (Phi) is 5.75. The van der Waals surface area contributed by atoms with E-state index >= 15 is 0 Å². The fourth-order valence-corrected chi connectivity index (χ4v) is 4.25. The molecule has 1 unspecified atom stereocenters. The average molecular weight is 456 g/mol. The monoisotopic (exact) mass is 455 g/mol. The van der Waals surface area contributed by atoms with E-state index in [1.54, 1.807) is 36.1 Å². The summed E-state index contributed by atoms with van der Waals surface area (Å²) in [4.78, 5) is 41.3. The summed E-state index contributed by atoms with van der Waals surface area (Å²) in [5.74, 6) is -0.424. The lowest BCUT2D eigenvalue weighted by Crippen LogP contribution is -2.32. The summed E-state index contributed by atoms with van der Waals surface area (Å²) in [7, 11) is 3.87. The van der Waals surface area contributed by atoms with Crippen LogP contribution in [0.3, 0.4) is 0 Å². The molecule has 166 valence electrons. The highest BCUT2D eigenvalue weighted by molar-refractivity contribution is 6.32. The maximum absolute atomic E-state index is 13.5. The minimum absolute atomic E-state index is 0.0226. The lowest BCUT2D eigenvalue weighted by Gasteiger charge is -2.25. The minimum atomic E-state index is -0.778. The van der Waals surface area contributed by atoms with Crippen molar-refractivity contribution in [2.45, 2.75) is 19.4 Å². The molecule has 0 N–H and O–H groups in total. The first-order valence-corrected chi connectivity index (χ1v) is 10.5. The molecule has 4 rings (SSSR count). The van der Waals surface area contributed by atoms with Crippen molar-refractivity contribution in [3.8, 4) is 0 Å². The van der Waals surface area contributed by atoms with Gasteiger partial charge in [0.25, 0.3) is 11.6 Å². The van der Waals surface area contributed by atoms with E-state index in [1.165, 1.54) is 12.1 Å². The van der Waals surface area contributed by atoms with E-state index in [0.29, 0.717) is 23.6 Å². The quantitative estimate of drug-likeness (QED) is 0.409. The zero-order valence-corrected chi connectivity index (χ0v) is 18.7. The maximum atomic E-state index is 13.5. The number of halogens is 1. The van der Waals surface area contributed by atoms with Gasteiger partial charge in [-0.1, -0.05) is 23.7 Å². The van der Waals surface area contributed by atoms with Gasteiger partial charge >= 0.3 is 0 Å². The van der Waals surface area contributed by atoms with Gasteiger partial charge in [0.1, 0.15) is 5.58 Å². The van der Waals surface area contributed by atoms with E-state index < -0.39 is 16.9 Å². The van der Waals surface area contributed by atoms with Gasteiger partial charge in [0.15, 0.2) is 5.43 Å². The number of carbonyl (C=O) groups excluding carboxylic acids is 1. The Hall–Kier alpha value is -3.23. The van der Waals surface area contributed by atoms with Crippen molar-refractivity contribution in [2.24, 2.45) is 0 Å². The summed E-state index contributed by atoms with van der Waals surface area (Å²) < 4.78 is 5.93. The molecular formula is C23H22ClN3O5. The van der Waals surface area contributed by atoms with Crippen molar-refractivity contribution in [3.63, 3.8) is 0 Å². The predicted molar refractivity (Wildman–Crippen MR) is 121 cm³/mol. The van der Waals surface area contributed by atoms with Crippen LogP contribution < -0.4 is 5.43 Å². The third kappa shape index (κ3) is 3.76. The van der Waals surface area contributed by atoms with Crippen molar-refractivity contribution < 1.29 is 14.1 Å². The molecule has 2 aromatic carbocycles. The van der Waals surface area contributed by atoms with Crippen LogP contribution in [0.4, 0.5) is 5.69 Å². The van der Waals surface area contributed by atoms with Gasteiger partial charge in [-0.2, -0.15) is 0 Å². The molecule has 1 aliphatic heterocycles. The molecule has 8 nitrogen and oxygen atoms in total. The van der Waals surface area contributed by atoms with Gasteiger partial charge in [-0.25, -0.2) is 0 Å². The van der Waals surface area contributed by atoms with Gasteiger partial charge in [-0.15, -0.1) is 0 Å². The van der Waals surface area contributed by atoms with Crippen molar-refractivity contribution in [1.29, 1.82) is 0 Å². The van der Waals surface area contributed by atoms with Crippen LogP contribution in [0.1, 0.15) is 39.7 Å². The summed E-state index contributed by atoms with van der Waals surface area (Å²) >= 11 is 6.24. The topological polar surface area (TPSA) is 96.9 Å². The molecule has 0 radical (unpaired) electrons. The Morgan fingerprint density at radius 2 is 1.97 bits per heavy atom. The van der Waals surface area contributed by atoms with Crippen LogP contribution in [0.2, 0.25) is 5.02 Å². The average Bonchev–Trinajstić information content (AvgIpc) is 3.02. The number of hydrogen-bond acceptors (Lipinski definition) is 6. The fourth-order valence-electron chi connectivity index (χ4n) is 4.08. The van der Waals surface area contributed by atoms with Crippen molar-refractivity contribution in [2.75, 3.05) is 27.2 Å². The van der Waals surface area contributed by atoms with Crippen LogP contribution in [-0.4, -0.2) is 47.8 Å². The van der Waals surface area contributed by atoms with Crippen LogP contribution >= 0.6 is 11.6 Å². The number of non-ortho nitro benzene ring substituents is 1. The van der Waals surface area contributed by atoms with Crippen LogP contribution in [0, 0.1) is 17.0 Å². The highest BCUT2D eigenvalue weighted by Crippen LogP contribution is 2.39. The first-order valence-electron chi connectivity index (χ1n) is 10.2. The molecule has 0 spiro atoms. The molecule has 0 aliphatic carbocycles. The van der Waals surface area contributed by atoms with Gasteiger partial charge < -0.3 is 14.2 Å². The van der Waals surface area contributed by atoms with Gasteiger partial charge in [-0.3, -0.25) is 19.7 Å². The zero-order valence-electron chi connectivity index (χ0n) is 17.9. The first kappa shape index (κ1) is 22.0. The second-order valence-corrected chi connectivity index (χ2v) is 8.59. The number of benzene rings is 2. The van der Waals surface area contributed by atoms with Gasteiger partial charge in [0, 0.05) is 23.7 Å². The molecule has 1 amide bonds. The Morgan fingerprint density at radius 1 is 1.22 bits per heavy atom. The SMILES string of the molecule is Cc1cc2oc3c(c(=O)c2cc1Cl)C(c1cccc([N+](=O)[O-])c1)N(CCCN(C)C)C3=O. The standard InChI is InChI=1S/C23H22ClN3O5/c1-13-10-18-16(12-17(13)24)21(28)19-20(14-6-4-7-15(11-14)27(30)31)26(9-5-8-25(2)3)23(29)22(19)32-18/h4,6-7,10-12,20H,5,8-9H2,1-3H3. The predicted octanol–water partition coefficient (Wildman–Crippen LogP) is 4.16. The highest BCUT2D eigenvalue weighted by atomic mass is 35.5. The number of nitro groups is 1. The Morgan fingerprint density at radius 3 is 2.66 bits per heavy atom. The van der Waals surface area contributed by atoms with E-state index in [4.69, 9.17) is 16.0 Å². The molecule has 9 heteroatoms. The van der Waals surface area contributed by atoms with E-state index in [-0.39, 0.29) is 33.4 Å². The lowest BCUT2D eigenvalue weighted by atomic mass is 9.97. The summed E-state index contributed by atoms with van der Waals surface area (Å²) in [6, 6.07) is 8.42. The summed E-state index contributed by atoms with van der Waals surface area (Å²) in [5, 5.41) is 12.0. The molecule has 1 aliphatic rings.